The maximum Gasteiger partial charge on any atom is 0.273 e. The van der Waals surface area contributed by atoms with Crippen molar-refractivity contribution in [1.82, 2.24) is 5.43 Å². The molecule has 0 heterocycles. The Hall–Kier alpha value is -3.19. The number of carbonyl (C=O) groups excluding carboxylic acids is 2. The number of amides is 1. The van der Waals surface area contributed by atoms with Crippen LogP contribution in [0.15, 0.2) is 59.7 Å². The molecular weight excluding hydrogens is 312 g/mol. The van der Waals surface area contributed by atoms with E-state index in [0.717, 1.165) is 0 Å². The SMILES string of the molecule is O=C([O-])COc1ccc(/C=N\NC(=O)[C@H](O)c2ccccc2)cc1. The summed E-state index contributed by atoms with van der Waals surface area (Å²) in [7, 11) is 0. The van der Waals surface area contributed by atoms with Gasteiger partial charge in [0.15, 0.2) is 6.10 Å². The number of rotatable bonds is 7. The Balaban J connectivity index is 1.87. The molecule has 7 nitrogen and oxygen atoms in total. The van der Waals surface area contributed by atoms with Crippen LogP contribution in [0.25, 0.3) is 0 Å². The lowest BCUT2D eigenvalue weighted by Gasteiger charge is -2.08. The third kappa shape index (κ3) is 5.22. The zero-order chi connectivity index (χ0) is 17.4. The Labute approximate surface area is 138 Å². The highest BCUT2D eigenvalue weighted by Gasteiger charge is 2.15. The van der Waals surface area contributed by atoms with Crippen LogP contribution in [0.5, 0.6) is 5.75 Å². The number of hydrazone groups is 1. The minimum absolute atomic E-state index is 0.375. The van der Waals surface area contributed by atoms with Gasteiger partial charge in [-0.15, -0.1) is 0 Å². The number of carboxylic acids is 1. The molecule has 124 valence electrons. The molecule has 1 amide bonds. The van der Waals surface area contributed by atoms with Crippen molar-refractivity contribution in [2.24, 2.45) is 5.10 Å². The zero-order valence-electron chi connectivity index (χ0n) is 12.6. The molecule has 0 aliphatic rings. The first-order valence-electron chi connectivity index (χ1n) is 7.05. The molecule has 0 aromatic heterocycles. The molecule has 7 heteroatoms. The van der Waals surface area contributed by atoms with Gasteiger partial charge in [-0.3, -0.25) is 4.79 Å². The number of ether oxygens (including phenoxy) is 1. The summed E-state index contributed by atoms with van der Waals surface area (Å²) in [4.78, 5) is 22.1. The smallest absolute Gasteiger partial charge is 0.273 e. The van der Waals surface area contributed by atoms with Crippen LogP contribution in [0.3, 0.4) is 0 Å². The number of carboxylic acid groups (broad SMARTS) is 1. The molecule has 0 fully saturated rings. The molecular formula is C17H15N2O5-. The Bertz CT molecular complexity index is 714. The lowest BCUT2D eigenvalue weighted by Crippen LogP contribution is -2.28. The van der Waals surface area contributed by atoms with E-state index in [9.17, 15) is 19.8 Å². The summed E-state index contributed by atoms with van der Waals surface area (Å²) in [6.07, 6.45) is 0.0850. The van der Waals surface area contributed by atoms with Crippen molar-refractivity contribution in [2.45, 2.75) is 6.10 Å². The molecule has 24 heavy (non-hydrogen) atoms. The van der Waals surface area contributed by atoms with E-state index in [2.05, 4.69) is 10.5 Å². The third-order valence-electron chi connectivity index (χ3n) is 2.99. The van der Waals surface area contributed by atoms with Gasteiger partial charge in [0.1, 0.15) is 12.4 Å². The highest BCUT2D eigenvalue weighted by atomic mass is 16.5. The lowest BCUT2D eigenvalue weighted by molar-refractivity contribution is -0.307. The number of hydrogen-bond donors (Lipinski definition) is 2. The molecule has 2 aromatic carbocycles. The molecule has 0 aliphatic heterocycles. The van der Waals surface area contributed by atoms with Crippen LogP contribution in [0.2, 0.25) is 0 Å². The van der Waals surface area contributed by atoms with Crippen molar-refractivity contribution < 1.29 is 24.5 Å². The summed E-state index contributed by atoms with van der Waals surface area (Å²) in [6.45, 7) is -0.527. The molecule has 2 rings (SSSR count). The highest BCUT2D eigenvalue weighted by Crippen LogP contribution is 2.12. The quantitative estimate of drug-likeness (QED) is 0.549. The Kier molecular flexibility index (Phi) is 6.04. The maximum atomic E-state index is 11.8. The first-order valence-corrected chi connectivity index (χ1v) is 7.05. The number of benzene rings is 2. The largest absolute Gasteiger partial charge is 0.546 e. The maximum absolute atomic E-state index is 11.8. The lowest BCUT2D eigenvalue weighted by atomic mass is 10.1. The van der Waals surface area contributed by atoms with Crippen molar-refractivity contribution in [3.8, 4) is 5.75 Å². The third-order valence-corrected chi connectivity index (χ3v) is 2.99. The van der Waals surface area contributed by atoms with Gasteiger partial charge in [-0.25, -0.2) is 5.43 Å². The van der Waals surface area contributed by atoms with Gasteiger partial charge in [0.05, 0.1) is 12.2 Å². The predicted molar refractivity (Wildman–Crippen MR) is 84.1 cm³/mol. The molecule has 2 aromatic rings. The van der Waals surface area contributed by atoms with Gasteiger partial charge >= 0.3 is 0 Å². The highest BCUT2D eigenvalue weighted by molar-refractivity contribution is 5.85. The molecule has 0 saturated heterocycles. The van der Waals surface area contributed by atoms with E-state index in [1.807, 2.05) is 0 Å². The number of carbonyl (C=O) groups is 2. The monoisotopic (exact) mass is 327 g/mol. The van der Waals surface area contributed by atoms with E-state index in [1.54, 1.807) is 54.6 Å². The van der Waals surface area contributed by atoms with Crippen LogP contribution < -0.4 is 15.3 Å². The molecule has 0 bridgehead atoms. The van der Waals surface area contributed by atoms with Crippen molar-refractivity contribution in [3.05, 3.63) is 65.7 Å². The Morgan fingerprint density at radius 3 is 2.46 bits per heavy atom. The summed E-state index contributed by atoms with van der Waals surface area (Å²) in [5.41, 5.74) is 3.38. The van der Waals surface area contributed by atoms with Gasteiger partial charge in [0.2, 0.25) is 0 Å². The van der Waals surface area contributed by atoms with E-state index in [1.165, 1.54) is 6.21 Å². The first kappa shape index (κ1) is 17.2. The number of aliphatic hydroxyl groups excluding tert-OH is 1. The summed E-state index contributed by atoms with van der Waals surface area (Å²) in [6, 6.07) is 14.9. The van der Waals surface area contributed by atoms with Crippen molar-refractivity contribution in [2.75, 3.05) is 6.61 Å². The van der Waals surface area contributed by atoms with Crippen molar-refractivity contribution in [3.63, 3.8) is 0 Å². The van der Waals surface area contributed by atoms with Gasteiger partial charge in [-0.2, -0.15) is 5.10 Å². The number of aliphatic hydroxyl groups is 1. The second-order valence-electron chi connectivity index (χ2n) is 4.78. The average molecular weight is 327 g/mol. The molecule has 2 N–H and O–H groups in total. The van der Waals surface area contributed by atoms with Crippen LogP contribution >= 0.6 is 0 Å². The first-order chi connectivity index (χ1) is 11.6. The van der Waals surface area contributed by atoms with Crippen LogP contribution in [0, 0.1) is 0 Å². The summed E-state index contributed by atoms with van der Waals surface area (Å²) in [5, 5.41) is 23.9. The minimum Gasteiger partial charge on any atom is -0.546 e. The molecule has 1 atom stereocenters. The van der Waals surface area contributed by atoms with Crippen LogP contribution in [0.4, 0.5) is 0 Å². The standard InChI is InChI=1S/C17H16N2O5/c20-15(21)11-24-14-8-6-12(7-9-14)10-18-19-17(23)16(22)13-4-2-1-3-5-13/h1-10,16,22H,11H2,(H,19,23)(H,20,21)/p-1/b18-10-/t16-/m1/s1. The van der Waals surface area contributed by atoms with E-state index in [4.69, 9.17) is 4.74 Å². The Morgan fingerprint density at radius 2 is 1.83 bits per heavy atom. The van der Waals surface area contributed by atoms with Crippen LogP contribution in [-0.2, 0) is 9.59 Å². The van der Waals surface area contributed by atoms with Gasteiger partial charge in [0, 0.05) is 0 Å². The second-order valence-corrected chi connectivity index (χ2v) is 4.78. The molecule has 0 unspecified atom stereocenters. The molecule has 0 radical (unpaired) electrons. The fourth-order valence-corrected chi connectivity index (χ4v) is 1.81. The van der Waals surface area contributed by atoms with Gasteiger partial charge in [-0.1, -0.05) is 30.3 Å². The molecule has 0 aliphatic carbocycles. The number of aliphatic carboxylic acids is 1. The number of nitrogens with zero attached hydrogens (tertiary/aromatic N) is 1. The number of nitrogens with one attached hydrogen (secondary N) is 1. The predicted octanol–water partition coefficient (Wildman–Crippen LogP) is -0.00100. The van der Waals surface area contributed by atoms with E-state index in [0.29, 0.717) is 16.9 Å². The summed E-state index contributed by atoms with van der Waals surface area (Å²) in [5.74, 6) is -1.58. The topological polar surface area (TPSA) is 111 Å². The van der Waals surface area contributed by atoms with Crippen molar-refractivity contribution in [1.29, 1.82) is 0 Å². The Morgan fingerprint density at radius 1 is 1.17 bits per heavy atom. The van der Waals surface area contributed by atoms with Gasteiger partial charge in [-0.05, 0) is 35.4 Å². The van der Waals surface area contributed by atoms with Crippen molar-refractivity contribution >= 4 is 18.1 Å². The summed E-state index contributed by atoms with van der Waals surface area (Å²) >= 11 is 0. The molecule has 0 saturated carbocycles. The second kappa shape index (κ2) is 8.44. The fourth-order valence-electron chi connectivity index (χ4n) is 1.81. The molecule has 0 spiro atoms. The average Bonchev–Trinajstić information content (AvgIpc) is 2.61. The number of hydrogen-bond acceptors (Lipinski definition) is 6. The van der Waals surface area contributed by atoms with E-state index < -0.39 is 24.6 Å². The van der Waals surface area contributed by atoms with Crippen LogP contribution in [0.1, 0.15) is 17.2 Å². The summed E-state index contributed by atoms with van der Waals surface area (Å²) < 4.78 is 4.94. The van der Waals surface area contributed by atoms with Gasteiger partial charge in [0.25, 0.3) is 5.91 Å². The van der Waals surface area contributed by atoms with E-state index in [-0.39, 0.29) is 0 Å². The van der Waals surface area contributed by atoms with Gasteiger partial charge < -0.3 is 19.7 Å². The minimum atomic E-state index is -1.31. The fraction of sp³-hybridized carbons (Fsp3) is 0.118. The normalized spacial score (nSPS) is 11.9. The van der Waals surface area contributed by atoms with Crippen LogP contribution in [-0.4, -0.2) is 29.8 Å². The zero-order valence-corrected chi connectivity index (χ0v) is 12.6. The van der Waals surface area contributed by atoms with E-state index >= 15 is 0 Å².